The molecule has 8 heteroatoms. The van der Waals surface area contributed by atoms with Crippen LogP contribution >= 0.6 is 35.4 Å². The predicted octanol–water partition coefficient (Wildman–Crippen LogP) is 2.51. The largest absolute Gasteiger partial charge is 0.505 e. The summed E-state index contributed by atoms with van der Waals surface area (Å²) in [6.07, 6.45) is 2.82. The molecule has 114 valence electrons. The van der Waals surface area contributed by atoms with E-state index in [1.54, 1.807) is 0 Å². The number of thiocarbonyl (C=S) groups is 1. The van der Waals surface area contributed by atoms with Gasteiger partial charge in [0, 0.05) is 6.54 Å². The van der Waals surface area contributed by atoms with Gasteiger partial charge in [0.25, 0.3) is 11.8 Å². The van der Waals surface area contributed by atoms with Crippen molar-refractivity contribution in [2.45, 2.75) is 0 Å². The van der Waals surface area contributed by atoms with Gasteiger partial charge in [0.1, 0.15) is 5.57 Å². The van der Waals surface area contributed by atoms with E-state index in [0.717, 1.165) is 0 Å². The summed E-state index contributed by atoms with van der Waals surface area (Å²) in [7, 11) is 0. The highest BCUT2D eigenvalue weighted by atomic mass is 35.5. The second-order valence-corrected chi connectivity index (χ2v) is 5.56. The van der Waals surface area contributed by atoms with Gasteiger partial charge >= 0.3 is 0 Å². The van der Waals surface area contributed by atoms with Crippen molar-refractivity contribution in [2.75, 3.05) is 6.54 Å². The lowest BCUT2D eigenvalue weighted by atomic mass is 10.1. The van der Waals surface area contributed by atoms with Crippen molar-refractivity contribution in [3.05, 3.63) is 46.0 Å². The molecule has 1 fully saturated rings. The zero-order valence-electron chi connectivity index (χ0n) is 11.1. The monoisotopic (exact) mass is 356 g/mol. The second kappa shape index (κ2) is 6.48. The Hall–Kier alpha value is -1.89. The topological polar surface area (TPSA) is 69.6 Å². The number of phenolic OH excluding ortho intramolecular Hbond substituents is 1. The molecule has 0 saturated carbocycles. The predicted molar refractivity (Wildman–Crippen MR) is 88.8 cm³/mol. The zero-order chi connectivity index (χ0) is 16.4. The van der Waals surface area contributed by atoms with Crippen LogP contribution in [0.15, 0.2) is 30.4 Å². The molecule has 0 unspecified atom stereocenters. The molecule has 5 nitrogen and oxygen atoms in total. The van der Waals surface area contributed by atoms with Crippen LogP contribution in [-0.4, -0.2) is 33.5 Å². The maximum Gasteiger partial charge on any atom is 0.265 e. The van der Waals surface area contributed by atoms with Gasteiger partial charge in [0.2, 0.25) is 0 Å². The molecule has 2 N–H and O–H groups in total. The van der Waals surface area contributed by atoms with E-state index in [4.69, 9.17) is 35.4 Å². The highest BCUT2D eigenvalue weighted by molar-refractivity contribution is 7.80. The number of carbonyl (C=O) groups is 2. The van der Waals surface area contributed by atoms with Crippen molar-refractivity contribution in [1.29, 1.82) is 0 Å². The summed E-state index contributed by atoms with van der Waals surface area (Å²) in [6.45, 7) is 3.71. The first kappa shape index (κ1) is 16.5. The van der Waals surface area contributed by atoms with Gasteiger partial charge in [-0.2, -0.15) is 0 Å². The summed E-state index contributed by atoms with van der Waals surface area (Å²) in [6, 6.07) is 2.78. The van der Waals surface area contributed by atoms with Gasteiger partial charge < -0.3 is 5.11 Å². The molecule has 1 aliphatic heterocycles. The smallest absolute Gasteiger partial charge is 0.265 e. The second-order valence-electron chi connectivity index (χ2n) is 4.35. The van der Waals surface area contributed by atoms with Crippen LogP contribution in [0.5, 0.6) is 5.75 Å². The highest BCUT2D eigenvalue weighted by Crippen LogP contribution is 2.33. The molecule has 2 rings (SSSR count). The quantitative estimate of drug-likeness (QED) is 0.378. The zero-order valence-corrected chi connectivity index (χ0v) is 13.4. The summed E-state index contributed by atoms with van der Waals surface area (Å²) in [4.78, 5) is 25.5. The van der Waals surface area contributed by atoms with Crippen LogP contribution in [0.2, 0.25) is 10.0 Å². The van der Waals surface area contributed by atoms with Crippen molar-refractivity contribution in [2.24, 2.45) is 0 Å². The van der Waals surface area contributed by atoms with Crippen molar-refractivity contribution in [3.8, 4) is 5.75 Å². The lowest BCUT2D eigenvalue weighted by Crippen LogP contribution is -2.53. The van der Waals surface area contributed by atoms with E-state index in [9.17, 15) is 14.7 Å². The van der Waals surface area contributed by atoms with E-state index in [1.165, 1.54) is 29.2 Å². The molecule has 0 bridgehead atoms. The Bertz CT molecular complexity index is 708. The number of nitrogens with one attached hydrogen (secondary N) is 1. The number of aromatic hydroxyl groups is 1. The minimum atomic E-state index is -0.615. The van der Waals surface area contributed by atoms with Crippen molar-refractivity contribution in [3.63, 3.8) is 0 Å². The van der Waals surface area contributed by atoms with E-state index < -0.39 is 11.8 Å². The molecular formula is C14H10Cl2N2O3S. The number of halogens is 2. The van der Waals surface area contributed by atoms with Crippen LogP contribution < -0.4 is 5.32 Å². The van der Waals surface area contributed by atoms with Crippen LogP contribution in [0.25, 0.3) is 6.08 Å². The average Bonchev–Trinajstić information content (AvgIpc) is 2.45. The first-order valence-corrected chi connectivity index (χ1v) is 7.19. The maximum absolute atomic E-state index is 12.3. The van der Waals surface area contributed by atoms with E-state index in [2.05, 4.69) is 11.9 Å². The average molecular weight is 357 g/mol. The molecule has 0 radical (unpaired) electrons. The highest BCUT2D eigenvalue weighted by Gasteiger charge is 2.32. The van der Waals surface area contributed by atoms with Crippen molar-refractivity contribution >= 4 is 58.4 Å². The minimum absolute atomic E-state index is 0.0153. The molecule has 0 atom stereocenters. The third-order valence-corrected chi connectivity index (χ3v) is 3.75. The van der Waals surface area contributed by atoms with E-state index >= 15 is 0 Å². The molecule has 1 aromatic rings. The third-order valence-electron chi connectivity index (χ3n) is 2.85. The van der Waals surface area contributed by atoms with Gasteiger partial charge in [-0.05, 0) is 36.0 Å². The van der Waals surface area contributed by atoms with Crippen LogP contribution in [0.3, 0.4) is 0 Å². The summed E-state index contributed by atoms with van der Waals surface area (Å²) >= 11 is 16.6. The van der Waals surface area contributed by atoms with Gasteiger partial charge in [-0.15, -0.1) is 6.58 Å². The van der Waals surface area contributed by atoms with E-state index in [0.29, 0.717) is 5.56 Å². The molecule has 1 saturated heterocycles. The Morgan fingerprint density at radius 3 is 2.45 bits per heavy atom. The number of hydrogen-bond acceptors (Lipinski definition) is 4. The van der Waals surface area contributed by atoms with Crippen LogP contribution in [-0.2, 0) is 9.59 Å². The number of nitrogens with zero attached hydrogens (tertiary/aromatic N) is 1. The molecule has 0 aliphatic carbocycles. The normalized spacial score (nSPS) is 16.9. The number of hydrogen-bond donors (Lipinski definition) is 2. The van der Waals surface area contributed by atoms with Crippen LogP contribution in [0, 0.1) is 0 Å². The van der Waals surface area contributed by atoms with E-state index in [1.807, 2.05) is 0 Å². The van der Waals surface area contributed by atoms with E-state index in [-0.39, 0.29) is 33.0 Å². The number of benzene rings is 1. The lowest BCUT2D eigenvalue weighted by Gasteiger charge is -2.27. The van der Waals surface area contributed by atoms with Crippen molar-refractivity contribution in [1.82, 2.24) is 10.2 Å². The number of amides is 2. The summed E-state index contributed by atoms with van der Waals surface area (Å²) in [5, 5.41) is 12.0. The molecule has 0 spiro atoms. The molecule has 1 heterocycles. The first-order chi connectivity index (χ1) is 10.3. The Morgan fingerprint density at radius 2 is 1.91 bits per heavy atom. The lowest BCUT2D eigenvalue weighted by molar-refractivity contribution is -0.128. The van der Waals surface area contributed by atoms with Gasteiger partial charge in [-0.25, -0.2) is 0 Å². The number of phenols is 1. The summed E-state index contributed by atoms with van der Waals surface area (Å²) in [5.74, 6) is -1.43. The Kier molecular flexibility index (Phi) is 4.85. The third kappa shape index (κ3) is 3.14. The fraction of sp³-hybridized carbons (Fsp3) is 0.0714. The molecule has 0 aromatic heterocycles. The number of carbonyl (C=O) groups excluding carboxylic acids is 2. The fourth-order valence-electron chi connectivity index (χ4n) is 1.82. The van der Waals surface area contributed by atoms with Gasteiger partial charge in [-0.3, -0.25) is 19.8 Å². The standard InChI is InChI=1S/C14H10Cl2N2O3S/c1-2-3-18-13(21)8(12(20)17-14(18)22)4-7-5-9(15)11(19)10(16)6-7/h2,4-6,19H,1,3H2,(H,17,20,22)/b8-4+. The van der Waals surface area contributed by atoms with Gasteiger partial charge in [0.05, 0.1) is 10.0 Å². The Labute approximate surface area is 141 Å². The molecule has 1 aliphatic rings. The van der Waals surface area contributed by atoms with Crippen LogP contribution in [0.1, 0.15) is 5.56 Å². The fourth-order valence-corrected chi connectivity index (χ4v) is 2.58. The van der Waals surface area contributed by atoms with Crippen LogP contribution in [0.4, 0.5) is 0 Å². The molecule has 1 aromatic carbocycles. The number of rotatable bonds is 3. The maximum atomic E-state index is 12.3. The summed E-state index contributed by atoms with van der Waals surface area (Å²) < 4.78 is 0. The van der Waals surface area contributed by atoms with Gasteiger partial charge in [-0.1, -0.05) is 29.3 Å². The molecular weight excluding hydrogens is 347 g/mol. The minimum Gasteiger partial charge on any atom is -0.505 e. The van der Waals surface area contributed by atoms with Gasteiger partial charge in [0.15, 0.2) is 10.9 Å². The Balaban J connectivity index is 2.45. The summed E-state index contributed by atoms with van der Waals surface area (Å²) in [5.41, 5.74) is 0.283. The molecule has 2 amide bonds. The van der Waals surface area contributed by atoms with Crippen molar-refractivity contribution < 1.29 is 14.7 Å². The SMILES string of the molecule is C=CCN1C(=O)/C(=C/c2cc(Cl)c(O)c(Cl)c2)C(=O)NC1=S. The first-order valence-electron chi connectivity index (χ1n) is 6.03. The Morgan fingerprint density at radius 1 is 1.32 bits per heavy atom. The molecule has 22 heavy (non-hydrogen) atoms.